The molecule has 0 N–H and O–H groups in total. The van der Waals surface area contributed by atoms with Gasteiger partial charge in [0.15, 0.2) is 5.65 Å². The van der Waals surface area contributed by atoms with Crippen LogP contribution in [0.1, 0.15) is 58.3 Å². The third-order valence-corrected chi connectivity index (χ3v) is 3.68. The second-order valence-electron chi connectivity index (χ2n) is 6.25. The van der Waals surface area contributed by atoms with E-state index in [1.807, 2.05) is 12.4 Å². The molecule has 1 aliphatic rings. The maximum absolute atomic E-state index is 4.74. The highest BCUT2D eigenvalue weighted by Crippen LogP contribution is 2.31. The lowest BCUT2D eigenvalue weighted by Gasteiger charge is -2.17. The normalized spacial score (nSPS) is 17.7. The lowest BCUT2D eigenvalue weighted by molar-refractivity contribution is 0.475. The molecule has 1 fully saturated rings. The summed E-state index contributed by atoms with van der Waals surface area (Å²) in [5.74, 6) is 0.898. The average molecular weight is 244 g/mol. The molecule has 0 spiro atoms. The zero-order chi connectivity index (χ0) is 12.8. The first kappa shape index (κ1) is 11.6. The molecule has 0 atom stereocenters. The van der Waals surface area contributed by atoms with Crippen molar-refractivity contribution in [2.45, 2.75) is 57.9 Å². The van der Waals surface area contributed by atoms with Crippen LogP contribution in [0, 0.1) is 0 Å². The molecule has 0 aliphatic heterocycles. The Hall–Kier alpha value is -1.45. The molecule has 1 aliphatic carbocycles. The van der Waals surface area contributed by atoms with Gasteiger partial charge in [-0.15, -0.1) is 0 Å². The van der Waals surface area contributed by atoms with Gasteiger partial charge >= 0.3 is 0 Å². The van der Waals surface area contributed by atoms with Gasteiger partial charge in [-0.05, 0) is 12.8 Å². The van der Waals surface area contributed by atoms with Gasteiger partial charge < -0.3 is 0 Å². The number of hydrogen-bond donors (Lipinski definition) is 0. The van der Waals surface area contributed by atoms with Crippen molar-refractivity contribution >= 4 is 11.0 Å². The van der Waals surface area contributed by atoms with Crippen molar-refractivity contribution in [3.63, 3.8) is 0 Å². The molecule has 0 unspecified atom stereocenters. The largest absolute Gasteiger partial charge is 0.244 e. The first-order valence-corrected chi connectivity index (χ1v) is 6.76. The lowest BCUT2D eigenvalue weighted by Crippen LogP contribution is -2.17. The molecule has 0 aromatic carbocycles. The molecule has 18 heavy (non-hydrogen) atoms. The van der Waals surface area contributed by atoms with Crippen molar-refractivity contribution in [2.75, 3.05) is 0 Å². The van der Waals surface area contributed by atoms with Gasteiger partial charge in [-0.2, -0.15) is 5.10 Å². The average Bonchev–Trinajstić information content (AvgIpc) is 2.95. The molecule has 2 aromatic rings. The Bertz CT molecular complexity index is 559. The number of nitrogens with zero attached hydrogens (tertiary/aromatic N) is 4. The number of fused-ring (bicyclic) bond motifs is 1. The molecule has 4 nitrogen and oxygen atoms in total. The molecule has 0 saturated heterocycles. The number of aromatic nitrogens is 4. The van der Waals surface area contributed by atoms with Gasteiger partial charge in [-0.25, -0.2) is 14.6 Å². The predicted molar refractivity (Wildman–Crippen MR) is 71.5 cm³/mol. The van der Waals surface area contributed by atoms with Gasteiger partial charge in [-0.3, -0.25) is 0 Å². The van der Waals surface area contributed by atoms with Gasteiger partial charge in [0.05, 0.1) is 17.6 Å². The van der Waals surface area contributed by atoms with Gasteiger partial charge in [0.1, 0.15) is 5.82 Å². The van der Waals surface area contributed by atoms with Crippen LogP contribution in [-0.4, -0.2) is 19.7 Å². The minimum Gasteiger partial charge on any atom is -0.244 e. The van der Waals surface area contributed by atoms with Crippen LogP contribution in [0.2, 0.25) is 0 Å². The van der Waals surface area contributed by atoms with E-state index in [0.29, 0.717) is 6.04 Å². The molecule has 2 aromatic heterocycles. The smallest absolute Gasteiger partial charge is 0.161 e. The minimum atomic E-state index is -0.0149. The zero-order valence-electron chi connectivity index (χ0n) is 11.3. The molecule has 0 bridgehead atoms. The van der Waals surface area contributed by atoms with Crippen LogP contribution < -0.4 is 0 Å². The molecule has 0 amide bonds. The fourth-order valence-corrected chi connectivity index (χ4v) is 2.61. The van der Waals surface area contributed by atoms with Crippen LogP contribution in [0.4, 0.5) is 0 Å². The van der Waals surface area contributed by atoms with E-state index in [9.17, 15) is 0 Å². The topological polar surface area (TPSA) is 43.6 Å². The quantitative estimate of drug-likeness (QED) is 0.773. The van der Waals surface area contributed by atoms with E-state index < -0.39 is 0 Å². The highest BCUT2D eigenvalue weighted by Gasteiger charge is 2.22. The molecule has 0 radical (unpaired) electrons. The van der Waals surface area contributed by atoms with Crippen molar-refractivity contribution < 1.29 is 0 Å². The summed E-state index contributed by atoms with van der Waals surface area (Å²) in [7, 11) is 0. The number of hydrogen-bond acceptors (Lipinski definition) is 3. The fourth-order valence-electron chi connectivity index (χ4n) is 2.61. The maximum atomic E-state index is 4.74. The summed E-state index contributed by atoms with van der Waals surface area (Å²) in [6.07, 6.45) is 8.87. The van der Waals surface area contributed by atoms with Crippen LogP contribution >= 0.6 is 0 Å². The van der Waals surface area contributed by atoms with E-state index >= 15 is 0 Å². The molecule has 96 valence electrons. The van der Waals surface area contributed by atoms with E-state index in [0.717, 1.165) is 16.9 Å². The molecule has 3 rings (SSSR count). The van der Waals surface area contributed by atoms with E-state index in [1.165, 1.54) is 25.7 Å². The summed E-state index contributed by atoms with van der Waals surface area (Å²) >= 11 is 0. The SMILES string of the molecule is CC(C)(C)c1ncc2cnn(C3CCCC3)c2n1. The Balaban J connectivity index is 2.10. The van der Waals surface area contributed by atoms with Crippen LogP contribution in [0.15, 0.2) is 12.4 Å². The van der Waals surface area contributed by atoms with E-state index in [-0.39, 0.29) is 5.41 Å². The molecule has 2 heterocycles. The Labute approximate surface area is 107 Å². The summed E-state index contributed by atoms with van der Waals surface area (Å²) in [5.41, 5.74) is 0.987. The van der Waals surface area contributed by atoms with Gasteiger partial charge in [0, 0.05) is 11.6 Å². The Morgan fingerprint density at radius 3 is 2.56 bits per heavy atom. The fraction of sp³-hybridized carbons (Fsp3) is 0.643. The minimum absolute atomic E-state index is 0.0149. The second kappa shape index (κ2) is 4.04. The third kappa shape index (κ3) is 1.89. The highest BCUT2D eigenvalue weighted by atomic mass is 15.3. The van der Waals surface area contributed by atoms with Crippen molar-refractivity contribution in [2.24, 2.45) is 0 Å². The summed E-state index contributed by atoms with van der Waals surface area (Å²) in [6, 6.07) is 0.533. The highest BCUT2D eigenvalue weighted by molar-refractivity contribution is 5.73. The Morgan fingerprint density at radius 2 is 1.89 bits per heavy atom. The lowest BCUT2D eigenvalue weighted by atomic mass is 9.96. The van der Waals surface area contributed by atoms with E-state index in [4.69, 9.17) is 4.98 Å². The van der Waals surface area contributed by atoms with Crippen molar-refractivity contribution in [1.29, 1.82) is 0 Å². The molecule has 4 heteroatoms. The zero-order valence-corrected chi connectivity index (χ0v) is 11.3. The first-order chi connectivity index (χ1) is 8.55. The summed E-state index contributed by atoms with van der Waals surface area (Å²) in [5, 5.41) is 5.57. The summed E-state index contributed by atoms with van der Waals surface area (Å²) in [6.45, 7) is 6.43. The van der Waals surface area contributed by atoms with Gasteiger partial charge in [0.25, 0.3) is 0 Å². The van der Waals surface area contributed by atoms with Crippen LogP contribution in [0.5, 0.6) is 0 Å². The van der Waals surface area contributed by atoms with Gasteiger partial charge in [0.2, 0.25) is 0 Å². The van der Waals surface area contributed by atoms with Crippen LogP contribution in [-0.2, 0) is 5.41 Å². The van der Waals surface area contributed by atoms with E-state index in [1.54, 1.807) is 0 Å². The van der Waals surface area contributed by atoms with Crippen LogP contribution in [0.25, 0.3) is 11.0 Å². The van der Waals surface area contributed by atoms with Crippen molar-refractivity contribution in [3.8, 4) is 0 Å². The van der Waals surface area contributed by atoms with Crippen LogP contribution in [0.3, 0.4) is 0 Å². The Morgan fingerprint density at radius 1 is 1.17 bits per heavy atom. The molecular weight excluding hydrogens is 224 g/mol. The summed E-state index contributed by atoms with van der Waals surface area (Å²) in [4.78, 5) is 9.19. The first-order valence-electron chi connectivity index (χ1n) is 6.76. The maximum Gasteiger partial charge on any atom is 0.161 e. The third-order valence-electron chi connectivity index (χ3n) is 3.68. The molecular formula is C14H20N4. The van der Waals surface area contributed by atoms with Crippen molar-refractivity contribution in [1.82, 2.24) is 19.7 Å². The predicted octanol–water partition coefficient (Wildman–Crippen LogP) is 3.24. The summed E-state index contributed by atoms with van der Waals surface area (Å²) < 4.78 is 2.11. The monoisotopic (exact) mass is 244 g/mol. The Kier molecular flexibility index (Phi) is 2.61. The number of rotatable bonds is 1. The second-order valence-corrected chi connectivity index (χ2v) is 6.25. The standard InChI is InChI=1S/C14H20N4/c1-14(2,3)13-15-8-10-9-16-18(12(10)17-13)11-6-4-5-7-11/h8-9,11H,4-7H2,1-3H3. The van der Waals surface area contributed by atoms with E-state index in [2.05, 4.69) is 35.5 Å². The molecule has 1 saturated carbocycles. The van der Waals surface area contributed by atoms with Gasteiger partial charge in [-0.1, -0.05) is 33.6 Å². The van der Waals surface area contributed by atoms with Crippen molar-refractivity contribution in [3.05, 3.63) is 18.2 Å².